The van der Waals surface area contributed by atoms with Crippen molar-refractivity contribution in [2.24, 2.45) is 0 Å². The van der Waals surface area contributed by atoms with Crippen LogP contribution >= 0.6 is 0 Å². The zero-order chi connectivity index (χ0) is 13.0. The van der Waals surface area contributed by atoms with Crippen molar-refractivity contribution in [3.63, 3.8) is 0 Å². The van der Waals surface area contributed by atoms with Gasteiger partial charge in [-0.1, -0.05) is 24.3 Å². The predicted octanol–water partition coefficient (Wildman–Crippen LogP) is 2.78. The fraction of sp³-hybridized carbons (Fsp3) is 0. The molecule has 0 aliphatic carbocycles. The lowest BCUT2D eigenvalue weighted by atomic mass is 10.3. The average Bonchev–Trinajstić information content (AvgIpc) is 2.35. The number of nitrogen functional groups attached to an aromatic ring is 2. The highest BCUT2D eigenvalue weighted by Gasteiger charge is 2.05. The van der Waals surface area contributed by atoms with Crippen molar-refractivity contribution in [1.29, 1.82) is 0 Å². The van der Waals surface area contributed by atoms with E-state index in [1.807, 2.05) is 24.3 Å². The number of hydrogen-bond donors (Lipinski definition) is 2. The highest BCUT2D eigenvalue weighted by atomic mass is 16.7. The third kappa shape index (κ3) is 2.74. The fourth-order valence-electron chi connectivity index (χ4n) is 1.41. The van der Waals surface area contributed by atoms with Crippen LogP contribution in [0.4, 0.5) is 11.4 Å². The predicted molar refractivity (Wildman–Crippen MR) is 72.1 cm³/mol. The topological polar surface area (TPSA) is 70.5 Å². The average molecular weight is 242 g/mol. The second-order valence-electron chi connectivity index (χ2n) is 3.65. The Kier molecular flexibility index (Phi) is 3.38. The summed E-state index contributed by atoms with van der Waals surface area (Å²) >= 11 is 0. The summed E-state index contributed by atoms with van der Waals surface area (Å²) in [5, 5.41) is 0. The van der Waals surface area contributed by atoms with Crippen molar-refractivity contribution in [3.05, 3.63) is 61.1 Å². The quantitative estimate of drug-likeness (QED) is 0.639. The molecule has 2 aromatic rings. The van der Waals surface area contributed by atoms with Crippen molar-refractivity contribution >= 4 is 11.4 Å². The first-order chi connectivity index (χ1) is 8.66. The molecule has 4 nitrogen and oxygen atoms in total. The smallest absolute Gasteiger partial charge is 0.282 e. The maximum Gasteiger partial charge on any atom is 0.282 e. The molecule has 0 saturated carbocycles. The summed E-state index contributed by atoms with van der Waals surface area (Å²) in [7, 11) is 0. The largest absolute Gasteiger partial charge is 0.424 e. The van der Waals surface area contributed by atoms with E-state index >= 15 is 0 Å². The van der Waals surface area contributed by atoms with E-state index in [2.05, 4.69) is 6.58 Å². The van der Waals surface area contributed by atoms with Crippen LogP contribution < -0.4 is 20.9 Å². The van der Waals surface area contributed by atoms with Gasteiger partial charge >= 0.3 is 0 Å². The molecule has 0 unspecified atom stereocenters. The third-order valence-electron chi connectivity index (χ3n) is 2.29. The van der Waals surface area contributed by atoms with Crippen molar-refractivity contribution in [3.8, 4) is 11.5 Å². The van der Waals surface area contributed by atoms with Crippen molar-refractivity contribution < 1.29 is 9.47 Å². The molecule has 0 spiro atoms. The molecule has 0 fully saturated rings. The summed E-state index contributed by atoms with van der Waals surface area (Å²) in [5.41, 5.74) is 12.5. The molecule has 0 radical (unpaired) electrons. The Bertz CT molecular complexity index is 518. The normalized spacial score (nSPS) is 9.78. The molecule has 18 heavy (non-hydrogen) atoms. The Labute approximate surface area is 105 Å². The minimum Gasteiger partial charge on any atom is -0.424 e. The molecule has 0 atom stereocenters. The molecule has 0 aliphatic rings. The van der Waals surface area contributed by atoms with Crippen LogP contribution in [-0.2, 0) is 0 Å². The van der Waals surface area contributed by atoms with Crippen LogP contribution in [0.25, 0.3) is 0 Å². The van der Waals surface area contributed by atoms with Gasteiger partial charge in [-0.3, -0.25) is 0 Å². The van der Waals surface area contributed by atoms with Crippen LogP contribution in [0.15, 0.2) is 61.1 Å². The van der Waals surface area contributed by atoms with Gasteiger partial charge in [-0.15, -0.1) is 0 Å². The molecular weight excluding hydrogens is 228 g/mol. The maximum atomic E-state index is 5.75. The van der Waals surface area contributed by atoms with E-state index in [1.54, 1.807) is 24.3 Å². The number of para-hydroxylation sites is 4. The van der Waals surface area contributed by atoms with Gasteiger partial charge in [0.1, 0.15) is 0 Å². The standard InChI is InChI=1S/C14H14N2O2/c1-10(17-13-8-4-2-6-11(13)15)18-14-9-5-3-7-12(14)16/h2-9H,1,15-16H2. The molecule has 0 heterocycles. The summed E-state index contributed by atoms with van der Waals surface area (Å²) in [5.74, 6) is 1.11. The van der Waals surface area contributed by atoms with Gasteiger partial charge in [-0.25, -0.2) is 0 Å². The number of ether oxygens (including phenoxy) is 2. The lowest BCUT2D eigenvalue weighted by Gasteiger charge is -2.12. The number of hydrogen-bond acceptors (Lipinski definition) is 4. The Hall–Kier alpha value is -2.62. The van der Waals surface area contributed by atoms with Crippen LogP contribution in [0.2, 0.25) is 0 Å². The minimum absolute atomic E-state index is 0.116. The highest BCUT2D eigenvalue weighted by molar-refractivity contribution is 5.53. The second-order valence-corrected chi connectivity index (χ2v) is 3.65. The zero-order valence-electron chi connectivity index (χ0n) is 9.80. The molecule has 0 aromatic heterocycles. The Balaban J connectivity index is 2.06. The molecule has 92 valence electrons. The summed E-state index contributed by atoms with van der Waals surface area (Å²) in [6.07, 6.45) is 0. The highest BCUT2D eigenvalue weighted by Crippen LogP contribution is 2.25. The molecule has 0 amide bonds. The van der Waals surface area contributed by atoms with Gasteiger partial charge in [0.2, 0.25) is 0 Å². The molecule has 2 aromatic carbocycles. The fourth-order valence-corrected chi connectivity index (χ4v) is 1.41. The van der Waals surface area contributed by atoms with E-state index in [9.17, 15) is 0 Å². The number of benzene rings is 2. The second kappa shape index (κ2) is 5.14. The van der Waals surface area contributed by atoms with E-state index in [1.165, 1.54) is 0 Å². The lowest BCUT2D eigenvalue weighted by Crippen LogP contribution is -2.05. The minimum atomic E-state index is 0.116. The van der Waals surface area contributed by atoms with Gasteiger partial charge in [0.25, 0.3) is 5.95 Å². The number of nitrogens with two attached hydrogens (primary N) is 2. The zero-order valence-corrected chi connectivity index (χ0v) is 9.80. The molecule has 0 aliphatic heterocycles. The van der Waals surface area contributed by atoms with E-state index in [-0.39, 0.29) is 5.95 Å². The molecule has 2 rings (SSSR count). The van der Waals surface area contributed by atoms with Gasteiger partial charge in [-0.05, 0) is 30.8 Å². The van der Waals surface area contributed by atoms with Gasteiger partial charge in [0.05, 0.1) is 11.4 Å². The van der Waals surface area contributed by atoms with Crippen LogP contribution in [0.5, 0.6) is 11.5 Å². The Morgan fingerprint density at radius 3 is 1.56 bits per heavy atom. The monoisotopic (exact) mass is 242 g/mol. The molecule has 0 bridgehead atoms. The van der Waals surface area contributed by atoms with Gasteiger partial charge < -0.3 is 20.9 Å². The third-order valence-corrected chi connectivity index (χ3v) is 2.29. The lowest BCUT2D eigenvalue weighted by molar-refractivity contribution is 0.230. The van der Waals surface area contributed by atoms with Crippen molar-refractivity contribution in [2.75, 3.05) is 11.5 Å². The Morgan fingerprint density at radius 2 is 1.17 bits per heavy atom. The first-order valence-corrected chi connectivity index (χ1v) is 5.40. The summed E-state index contributed by atoms with van der Waals surface area (Å²) in [6.45, 7) is 3.67. The summed E-state index contributed by atoms with van der Waals surface area (Å²) in [6, 6.07) is 14.2. The Morgan fingerprint density at radius 1 is 0.778 bits per heavy atom. The van der Waals surface area contributed by atoms with Crippen LogP contribution in [-0.4, -0.2) is 0 Å². The first-order valence-electron chi connectivity index (χ1n) is 5.40. The van der Waals surface area contributed by atoms with E-state index in [4.69, 9.17) is 20.9 Å². The molecule has 4 heteroatoms. The van der Waals surface area contributed by atoms with Crippen molar-refractivity contribution in [2.45, 2.75) is 0 Å². The van der Waals surface area contributed by atoms with E-state index in [0.29, 0.717) is 22.9 Å². The van der Waals surface area contributed by atoms with Crippen LogP contribution in [0, 0.1) is 0 Å². The molecule has 0 saturated heterocycles. The van der Waals surface area contributed by atoms with E-state index in [0.717, 1.165) is 0 Å². The van der Waals surface area contributed by atoms with Gasteiger partial charge in [0.15, 0.2) is 11.5 Å². The summed E-state index contributed by atoms with van der Waals surface area (Å²) in [4.78, 5) is 0. The summed E-state index contributed by atoms with van der Waals surface area (Å²) < 4.78 is 10.8. The maximum absolute atomic E-state index is 5.75. The van der Waals surface area contributed by atoms with Gasteiger partial charge in [-0.2, -0.15) is 0 Å². The first kappa shape index (κ1) is 11.9. The van der Waals surface area contributed by atoms with Crippen LogP contribution in [0.3, 0.4) is 0 Å². The molecule has 4 N–H and O–H groups in total. The van der Waals surface area contributed by atoms with Crippen molar-refractivity contribution in [1.82, 2.24) is 0 Å². The van der Waals surface area contributed by atoms with Gasteiger partial charge in [0, 0.05) is 0 Å². The van der Waals surface area contributed by atoms with Crippen LogP contribution in [0.1, 0.15) is 0 Å². The molecular formula is C14H14N2O2. The number of rotatable bonds is 4. The van der Waals surface area contributed by atoms with E-state index < -0.39 is 0 Å². The number of anilines is 2. The SMILES string of the molecule is C=C(Oc1ccccc1N)Oc1ccccc1N.